The molecule has 29 heavy (non-hydrogen) atoms. The first kappa shape index (κ1) is 22.9. The van der Waals surface area contributed by atoms with E-state index in [0.717, 1.165) is 28.1 Å². The summed E-state index contributed by atoms with van der Waals surface area (Å²) in [5.41, 5.74) is 2.63. The van der Waals surface area contributed by atoms with Crippen molar-refractivity contribution in [3.63, 3.8) is 0 Å². The van der Waals surface area contributed by atoms with E-state index in [1.807, 2.05) is 42.5 Å². The van der Waals surface area contributed by atoms with Crippen LogP contribution in [-0.4, -0.2) is 27.1 Å². The molecule has 0 bridgehead atoms. The minimum atomic E-state index is -3.60. The maximum Gasteiger partial charge on any atom is 0.241 e. The van der Waals surface area contributed by atoms with Gasteiger partial charge in [0.25, 0.3) is 0 Å². The first-order chi connectivity index (χ1) is 13.6. The van der Waals surface area contributed by atoms with E-state index in [9.17, 15) is 13.2 Å². The maximum absolute atomic E-state index is 12.8. The summed E-state index contributed by atoms with van der Waals surface area (Å²) in [5.74, 6) is 0.412. The number of hydrogen-bond acceptors (Lipinski definition) is 3. The van der Waals surface area contributed by atoms with Gasteiger partial charge in [-0.05, 0) is 41.5 Å². The van der Waals surface area contributed by atoms with E-state index in [0.29, 0.717) is 17.5 Å². The zero-order valence-corrected chi connectivity index (χ0v) is 18.7. The molecule has 2 aromatic rings. The van der Waals surface area contributed by atoms with E-state index in [1.54, 1.807) is 12.1 Å². The maximum atomic E-state index is 12.8. The molecule has 2 rings (SSSR count). The molecule has 6 heteroatoms. The van der Waals surface area contributed by atoms with Gasteiger partial charge in [-0.15, -0.1) is 0 Å². The predicted octanol–water partition coefficient (Wildman–Crippen LogP) is 4.48. The highest BCUT2D eigenvalue weighted by Crippen LogP contribution is 2.23. The van der Waals surface area contributed by atoms with Crippen molar-refractivity contribution in [3.05, 3.63) is 65.7 Å². The number of anilines is 1. The van der Waals surface area contributed by atoms with Crippen molar-refractivity contribution in [2.24, 2.45) is 5.92 Å². The Balaban J connectivity index is 2.20. The predicted molar refractivity (Wildman–Crippen MR) is 120 cm³/mol. The van der Waals surface area contributed by atoms with Crippen LogP contribution < -0.4 is 9.62 Å². The summed E-state index contributed by atoms with van der Waals surface area (Å²) in [6.45, 7) is 8.11. The van der Waals surface area contributed by atoms with Crippen molar-refractivity contribution >= 4 is 21.6 Å². The lowest BCUT2D eigenvalue weighted by Gasteiger charge is -2.25. The van der Waals surface area contributed by atoms with Gasteiger partial charge in [0.15, 0.2) is 0 Å². The molecule has 1 atom stereocenters. The second-order valence-electron chi connectivity index (χ2n) is 8.18. The van der Waals surface area contributed by atoms with Gasteiger partial charge in [0, 0.05) is 0 Å². The molecule has 0 saturated heterocycles. The van der Waals surface area contributed by atoms with Crippen LogP contribution in [0, 0.1) is 5.92 Å². The number of amides is 1. The van der Waals surface area contributed by atoms with Crippen LogP contribution in [0.15, 0.2) is 54.6 Å². The Kier molecular flexibility index (Phi) is 7.85. The highest BCUT2D eigenvalue weighted by atomic mass is 32.2. The zero-order chi connectivity index (χ0) is 21.6. The molecule has 0 heterocycles. The van der Waals surface area contributed by atoms with Gasteiger partial charge in [-0.25, -0.2) is 8.42 Å². The molecule has 0 aliphatic rings. The van der Waals surface area contributed by atoms with Gasteiger partial charge in [-0.2, -0.15) is 0 Å². The van der Waals surface area contributed by atoms with Crippen molar-refractivity contribution in [2.75, 3.05) is 17.1 Å². The summed E-state index contributed by atoms with van der Waals surface area (Å²) in [5, 5.41) is 3.02. The molecular weight excluding hydrogens is 384 g/mol. The first-order valence-electron chi connectivity index (χ1n) is 10.00. The standard InChI is InChI=1S/C23H32N2O3S/c1-17(2)15-22(20-9-7-6-8-10-20)24-23(26)16-25(29(5,27)28)21-13-11-19(12-14-21)18(3)4/h6-14,17-18,22H,15-16H2,1-5H3,(H,24,26)/t22-/m0/s1. The third-order valence-electron chi connectivity index (χ3n) is 4.78. The number of nitrogens with zero attached hydrogens (tertiary/aromatic N) is 1. The van der Waals surface area contributed by atoms with Crippen LogP contribution >= 0.6 is 0 Å². The molecule has 0 aliphatic heterocycles. The topological polar surface area (TPSA) is 66.5 Å². The third kappa shape index (κ3) is 6.89. The van der Waals surface area contributed by atoms with Crippen molar-refractivity contribution in [3.8, 4) is 0 Å². The van der Waals surface area contributed by atoms with E-state index in [-0.39, 0.29) is 18.5 Å². The second-order valence-corrected chi connectivity index (χ2v) is 10.1. The molecule has 1 amide bonds. The highest BCUT2D eigenvalue weighted by Gasteiger charge is 2.23. The van der Waals surface area contributed by atoms with Gasteiger partial charge in [-0.3, -0.25) is 9.10 Å². The van der Waals surface area contributed by atoms with Crippen LogP contribution in [0.2, 0.25) is 0 Å². The van der Waals surface area contributed by atoms with Crippen LogP contribution in [0.1, 0.15) is 57.2 Å². The molecule has 5 nitrogen and oxygen atoms in total. The number of rotatable bonds is 9. The summed E-state index contributed by atoms with van der Waals surface area (Å²) in [4.78, 5) is 12.8. The normalized spacial score (nSPS) is 12.8. The highest BCUT2D eigenvalue weighted by molar-refractivity contribution is 7.92. The van der Waals surface area contributed by atoms with E-state index in [1.165, 1.54) is 0 Å². The molecule has 1 N–H and O–H groups in total. The number of carbonyl (C=O) groups is 1. The first-order valence-corrected chi connectivity index (χ1v) is 11.8. The molecule has 0 fully saturated rings. The van der Waals surface area contributed by atoms with Crippen LogP contribution in [-0.2, 0) is 14.8 Å². The Morgan fingerprint density at radius 3 is 2.00 bits per heavy atom. The summed E-state index contributed by atoms with van der Waals surface area (Å²) < 4.78 is 25.9. The van der Waals surface area contributed by atoms with Crippen molar-refractivity contribution in [2.45, 2.75) is 46.1 Å². The van der Waals surface area contributed by atoms with E-state index in [2.05, 4.69) is 33.0 Å². The summed E-state index contributed by atoms with van der Waals surface area (Å²) in [7, 11) is -3.60. The summed E-state index contributed by atoms with van der Waals surface area (Å²) in [6, 6.07) is 16.9. The Labute approximate surface area is 175 Å². The van der Waals surface area contributed by atoms with Crippen LogP contribution in [0.25, 0.3) is 0 Å². The van der Waals surface area contributed by atoms with Gasteiger partial charge >= 0.3 is 0 Å². The number of sulfonamides is 1. The van der Waals surface area contributed by atoms with Crippen molar-refractivity contribution in [1.82, 2.24) is 5.32 Å². The number of carbonyl (C=O) groups excluding carboxylic acids is 1. The van der Waals surface area contributed by atoms with Crippen LogP contribution in [0.3, 0.4) is 0 Å². The number of hydrogen-bond donors (Lipinski definition) is 1. The fraction of sp³-hybridized carbons (Fsp3) is 0.435. The molecule has 0 aliphatic carbocycles. The van der Waals surface area contributed by atoms with Gasteiger partial charge in [0.05, 0.1) is 18.0 Å². The summed E-state index contributed by atoms with van der Waals surface area (Å²) in [6.07, 6.45) is 1.90. The lowest BCUT2D eigenvalue weighted by atomic mass is 9.97. The Morgan fingerprint density at radius 1 is 0.931 bits per heavy atom. The van der Waals surface area contributed by atoms with E-state index < -0.39 is 10.0 Å². The van der Waals surface area contributed by atoms with Gasteiger partial charge < -0.3 is 5.32 Å². The fourth-order valence-electron chi connectivity index (χ4n) is 3.23. The minimum absolute atomic E-state index is 0.159. The Bertz CT molecular complexity index is 891. The lowest BCUT2D eigenvalue weighted by Crippen LogP contribution is -2.41. The molecule has 0 aromatic heterocycles. The number of benzene rings is 2. The Hall–Kier alpha value is -2.34. The lowest BCUT2D eigenvalue weighted by molar-refractivity contribution is -0.120. The molecule has 0 radical (unpaired) electrons. The largest absolute Gasteiger partial charge is 0.348 e. The van der Waals surface area contributed by atoms with Crippen molar-refractivity contribution < 1.29 is 13.2 Å². The fourth-order valence-corrected chi connectivity index (χ4v) is 4.09. The number of nitrogens with one attached hydrogen (secondary N) is 1. The molecule has 0 unspecified atom stereocenters. The van der Waals surface area contributed by atoms with Crippen LogP contribution in [0.5, 0.6) is 0 Å². The van der Waals surface area contributed by atoms with Gasteiger partial charge in [0.1, 0.15) is 6.54 Å². The monoisotopic (exact) mass is 416 g/mol. The minimum Gasteiger partial charge on any atom is -0.348 e. The van der Waals surface area contributed by atoms with Crippen molar-refractivity contribution in [1.29, 1.82) is 0 Å². The average molecular weight is 417 g/mol. The average Bonchev–Trinajstić information content (AvgIpc) is 2.65. The summed E-state index contributed by atoms with van der Waals surface area (Å²) >= 11 is 0. The molecule has 0 spiro atoms. The molecular formula is C23H32N2O3S. The second kappa shape index (κ2) is 9.92. The van der Waals surface area contributed by atoms with E-state index >= 15 is 0 Å². The van der Waals surface area contributed by atoms with Gasteiger partial charge in [0.2, 0.25) is 15.9 Å². The quantitative estimate of drug-likeness (QED) is 0.655. The zero-order valence-electron chi connectivity index (χ0n) is 17.9. The molecule has 158 valence electrons. The molecule has 0 saturated carbocycles. The van der Waals surface area contributed by atoms with Gasteiger partial charge in [-0.1, -0.05) is 70.2 Å². The molecule has 2 aromatic carbocycles. The smallest absolute Gasteiger partial charge is 0.241 e. The van der Waals surface area contributed by atoms with Crippen LogP contribution in [0.4, 0.5) is 5.69 Å². The van der Waals surface area contributed by atoms with E-state index in [4.69, 9.17) is 0 Å². The Morgan fingerprint density at radius 2 is 1.52 bits per heavy atom. The third-order valence-corrected chi connectivity index (χ3v) is 5.92. The SMILES string of the molecule is CC(C)C[C@H](NC(=O)CN(c1ccc(C(C)C)cc1)S(C)(=O)=O)c1ccccc1.